The zero-order chi connectivity index (χ0) is 14.0. The van der Waals surface area contributed by atoms with E-state index >= 15 is 0 Å². The number of rotatable bonds is 5. The average molecular weight is 429 g/mol. The van der Waals surface area contributed by atoms with Crippen LogP contribution in [-0.2, 0) is 23.1 Å². The van der Waals surface area contributed by atoms with Crippen LogP contribution >= 0.6 is 43.2 Å². The number of halogens is 2. The zero-order valence-electron chi connectivity index (χ0n) is 9.93. The second kappa shape index (κ2) is 6.04. The van der Waals surface area contributed by atoms with Crippen LogP contribution in [0.1, 0.15) is 12.6 Å². The van der Waals surface area contributed by atoms with Crippen molar-refractivity contribution in [2.75, 3.05) is 0 Å². The summed E-state index contributed by atoms with van der Waals surface area (Å²) in [5.41, 5.74) is 0.807. The number of nitrogens with one attached hydrogen (secondary N) is 1. The van der Waals surface area contributed by atoms with E-state index in [4.69, 9.17) is 0 Å². The van der Waals surface area contributed by atoms with Gasteiger partial charge >= 0.3 is 0 Å². The van der Waals surface area contributed by atoms with Gasteiger partial charge < -0.3 is 0 Å². The highest BCUT2D eigenvalue weighted by atomic mass is 79.9. The van der Waals surface area contributed by atoms with E-state index in [9.17, 15) is 8.42 Å². The molecule has 2 heterocycles. The molecule has 2 aromatic rings. The van der Waals surface area contributed by atoms with Gasteiger partial charge in [0.1, 0.15) is 4.21 Å². The lowest BCUT2D eigenvalue weighted by Gasteiger charge is -2.07. The first kappa shape index (κ1) is 15.2. The first-order chi connectivity index (χ1) is 8.94. The molecule has 9 heteroatoms. The largest absolute Gasteiger partial charge is 0.267 e. The lowest BCUT2D eigenvalue weighted by atomic mass is 10.4. The minimum absolute atomic E-state index is 0.201. The Kier molecular flexibility index (Phi) is 4.83. The number of aromatic nitrogens is 2. The highest BCUT2D eigenvalue weighted by Crippen LogP contribution is 2.26. The molecule has 0 bridgehead atoms. The minimum Gasteiger partial charge on any atom is -0.267 e. The topological polar surface area (TPSA) is 64.0 Å². The molecule has 5 nitrogen and oxygen atoms in total. The molecule has 2 rings (SSSR count). The Morgan fingerprint density at radius 2 is 2.16 bits per heavy atom. The quantitative estimate of drug-likeness (QED) is 0.796. The van der Waals surface area contributed by atoms with E-state index in [1.54, 1.807) is 23.0 Å². The van der Waals surface area contributed by atoms with Gasteiger partial charge in [0.15, 0.2) is 0 Å². The molecular weight excluding hydrogens is 418 g/mol. The molecule has 0 fully saturated rings. The molecule has 0 aliphatic carbocycles. The number of sulfonamides is 1. The number of aryl methyl sites for hydroxylation is 1. The SMILES string of the molecule is CCn1ncc(Br)c1CNS(=O)(=O)c1ccc(Br)s1. The summed E-state index contributed by atoms with van der Waals surface area (Å²) >= 11 is 7.79. The van der Waals surface area contributed by atoms with Crippen LogP contribution in [0.2, 0.25) is 0 Å². The molecule has 0 saturated heterocycles. The van der Waals surface area contributed by atoms with E-state index in [-0.39, 0.29) is 10.8 Å². The molecule has 1 N–H and O–H groups in total. The van der Waals surface area contributed by atoms with Crippen molar-refractivity contribution in [2.45, 2.75) is 24.2 Å². The van der Waals surface area contributed by atoms with Gasteiger partial charge in [0, 0.05) is 6.54 Å². The summed E-state index contributed by atoms with van der Waals surface area (Å²) in [6.07, 6.45) is 1.66. The van der Waals surface area contributed by atoms with Crippen molar-refractivity contribution >= 4 is 53.2 Å². The van der Waals surface area contributed by atoms with Gasteiger partial charge in [0.2, 0.25) is 10.0 Å². The molecule has 0 spiro atoms. The lowest BCUT2D eigenvalue weighted by Crippen LogP contribution is -2.24. The Morgan fingerprint density at radius 1 is 1.42 bits per heavy atom. The third-order valence-corrected chi connectivity index (χ3v) is 6.62. The highest BCUT2D eigenvalue weighted by molar-refractivity contribution is 9.11. The maximum absolute atomic E-state index is 12.1. The average Bonchev–Trinajstić information content (AvgIpc) is 2.93. The first-order valence-electron chi connectivity index (χ1n) is 5.39. The summed E-state index contributed by atoms with van der Waals surface area (Å²) < 4.78 is 30.4. The Labute approximate surface area is 132 Å². The van der Waals surface area contributed by atoms with Crippen LogP contribution in [0.5, 0.6) is 0 Å². The molecular formula is C10H11Br2N3O2S2. The van der Waals surface area contributed by atoms with Crippen LogP contribution in [0.25, 0.3) is 0 Å². The van der Waals surface area contributed by atoms with Crippen LogP contribution < -0.4 is 4.72 Å². The van der Waals surface area contributed by atoms with Gasteiger partial charge in [-0.2, -0.15) is 5.10 Å². The molecule has 0 aliphatic heterocycles. The predicted octanol–water partition coefficient (Wildman–Crippen LogP) is 2.97. The van der Waals surface area contributed by atoms with E-state index in [1.165, 1.54) is 11.3 Å². The first-order valence-corrected chi connectivity index (χ1v) is 9.28. The second-order valence-corrected chi connectivity index (χ2v) is 8.95. The van der Waals surface area contributed by atoms with E-state index < -0.39 is 10.0 Å². The Hall–Kier alpha value is -0.220. The van der Waals surface area contributed by atoms with Crippen molar-refractivity contribution in [3.05, 3.63) is 32.3 Å². The summed E-state index contributed by atoms with van der Waals surface area (Å²) in [5, 5.41) is 4.14. The third-order valence-electron chi connectivity index (χ3n) is 2.44. The molecule has 0 atom stereocenters. The highest BCUT2D eigenvalue weighted by Gasteiger charge is 2.18. The fraction of sp³-hybridized carbons (Fsp3) is 0.300. The molecule has 2 aromatic heterocycles. The normalized spacial score (nSPS) is 11.9. The number of hydrogen-bond donors (Lipinski definition) is 1. The second-order valence-electron chi connectivity index (χ2n) is 3.64. The van der Waals surface area contributed by atoms with Crippen molar-refractivity contribution in [3.8, 4) is 0 Å². The lowest BCUT2D eigenvalue weighted by molar-refractivity contribution is 0.572. The summed E-state index contributed by atoms with van der Waals surface area (Å²) in [6, 6.07) is 3.29. The molecule has 104 valence electrons. The van der Waals surface area contributed by atoms with E-state index in [0.29, 0.717) is 6.54 Å². The number of thiophene rings is 1. The van der Waals surface area contributed by atoms with Gasteiger partial charge in [0.25, 0.3) is 0 Å². The van der Waals surface area contributed by atoms with Crippen LogP contribution in [0.15, 0.2) is 30.8 Å². The Balaban J connectivity index is 2.16. The van der Waals surface area contributed by atoms with E-state index in [0.717, 1.165) is 14.0 Å². The molecule has 0 aliphatic rings. The van der Waals surface area contributed by atoms with Crippen molar-refractivity contribution in [2.24, 2.45) is 0 Å². The molecule has 0 radical (unpaired) electrons. The van der Waals surface area contributed by atoms with Gasteiger partial charge in [-0.05, 0) is 50.9 Å². The molecule has 0 unspecified atom stereocenters. The van der Waals surface area contributed by atoms with Crippen molar-refractivity contribution in [1.29, 1.82) is 0 Å². The molecule has 0 amide bonds. The fourth-order valence-corrected chi connectivity index (χ4v) is 4.99. The summed E-state index contributed by atoms with van der Waals surface area (Å²) in [7, 11) is -3.48. The van der Waals surface area contributed by atoms with Crippen LogP contribution in [-0.4, -0.2) is 18.2 Å². The third kappa shape index (κ3) is 3.46. The van der Waals surface area contributed by atoms with E-state index in [2.05, 4.69) is 41.7 Å². The Morgan fingerprint density at radius 3 is 2.74 bits per heavy atom. The summed E-state index contributed by atoms with van der Waals surface area (Å²) in [6.45, 7) is 2.84. The van der Waals surface area contributed by atoms with E-state index in [1.807, 2.05) is 6.92 Å². The van der Waals surface area contributed by atoms with Crippen LogP contribution in [0, 0.1) is 0 Å². The maximum Gasteiger partial charge on any atom is 0.250 e. The zero-order valence-corrected chi connectivity index (χ0v) is 14.7. The fourth-order valence-electron chi connectivity index (χ4n) is 1.51. The molecule has 0 saturated carbocycles. The van der Waals surface area contributed by atoms with Crippen molar-refractivity contribution < 1.29 is 8.42 Å². The number of hydrogen-bond acceptors (Lipinski definition) is 4. The van der Waals surface area contributed by atoms with Crippen molar-refractivity contribution in [3.63, 3.8) is 0 Å². The van der Waals surface area contributed by atoms with Gasteiger partial charge in [-0.15, -0.1) is 11.3 Å². The Bertz CT molecular complexity index is 679. The summed E-state index contributed by atoms with van der Waals surface area (Å²) in [5.74, 6) is 0. The van der Waals surface area contributed by atoms with Crippen LogP contribution in [0.3, 0.4) is 0 Å². The smallest absolute Gasteiger partial charge is 0.250 e. The predicted molar refractivity (Wildman–Crippen MR) is 81.6 cm³/mol. The van der Waals surface area contributed by atoms with Crippen LogP contribution in [0.4, 0.5) is 0 Å². The van der Waals surface area contributed by atoms with Gasteiger partial charge in [-0.3, -0.25) is 4.68 Å². The van der Waals surface area contributed by atoms with Crippen molar-refractivity contribution in [1.82, 2.24) is 14.5 Å². The van der Waals surface area contributed by atoms with Gasteiger partial charge in [0.05, 0.1) is 26.7 Å². The maximum atomic E-state index is 12.1. The van der Waals surface area contributed by atoms with Gasteiger partial charge in [-0.1, -0.05) is 0 Å². The minimum atomic E-state index is -3.48. The molecule has 19 heavy (non-hydrogen) atoms. The molecule has 0 aromatic carbocycles. The number of nitrogens with zero attached hydrogens (tertiary/aromatic N) is 2. The monoisotopic (exact) mass is 427 g/mol. The van der Waals surface area contributed by atoms with Gasteiger partial charge in [-0.25, -0.2) is 13.1 Å². The standard InChI is InChI=1S/C10H11Br2N3O2S2/c1-2-15-8(7(11)5-13-15)6-14-19(16,17)10-4-3-9(12)18-10/h3-5,14H,2,6H2,1H3. The summed E-state index contributed by atoms with van der Waals surface area (Å²) in [4.78, 5) is 0.